The minimum atomic E-state index is 0.714. The molecule has 1 saturated heterocycles. The summed E-state index contributed by atoms with van der Waals surface area (Å²) in [5.41, 5.74) is 0. The molecule has 1 N–H and O–H groups in total. The summed E-state index contributed by atoms with van der Waals surface area (Å²) in [6, 6.07) is 0.714. The Labute approximate surface area is 114 Å². The first-order chi connectivity index (χ1) is 8.47. The first-order valence-electron chi connectivity index (χ1n) is 7.47. The van der Waals surface area contributed by atoms with Crippen LogP contribution in [-0.4, -0.2) is 63.7 Å². The van der Waals surface area contributed by atoms with Crippen molar-refractivity contribution < 1.29 is 0 Å². The van der Waals surface area contributed by atoms with Crippen LogP contribution in [0.2, 0.25) is 0 Å². The molecule has 0 aromatic rings. The highest BCUT2D eigenvalue weighted by molar-refractivity contribution is 4.88. The van der Waals surface area contributed by atoms with Crippen LogP contribution in [0.5, 0.6) is 0 Å². The van der Waals surface area contributed by atoms with Crippen LogP contribution in [0.15, 0.2) is 0 Å². The number of hydrogen-bond acceptors (Lipinski definition) is 3. The predicted octanol–water partition coefficient (Wildman–Crippen LogP) is 1.75. The van der Waals surface area contributed by atoms with Crippen LogP contribution in [-0.2, 0) is 0 Å². The van der Waals surface area contributed by atoms with Crippen molar-refractivity contribution in [1.82, 2.24) is 15.1 Å². The molecule has 108 valence electrons. The summed E-state index contributed by atoms with van der Waals surface area (Å²) < 4.78 is 0. The Kier molecular flexibility index (Phi) is 6.61. The van der Waals surface area contributed by atoms with Crippen LogP contribution in [0.1, 0.15) is 26.7 Å². The van der Waals surface area contributed by atoms with Crippen LogP contribution in [0.3, 0.4) is 0 Å². The summed E-state index contributed by atoms with van der Waals surface area (Å²) in [5.74, 6) is 2.35. The molecule has 18 heavy (non-hydrogen) atoms. The van der Waals surface area contributed by atoms with Gasteiger partial charge in [0.2, 0.25) is 0 Å². The Hall–Kier alpha value is -0.120. The molecule has 1 aliphatic heterocycles. The zero-order chi connectivity index (χ0) is 13.7. The molecule has 1 heterocycles. The van der Waals surface area contributed by atoms with E-state index in [1.165, 1.54) is 25.9 Å². The van der Waals surface area contributed by atoms with E-state index in [9.17, 15) is 0 Å². The van der Waals surface area contributed by atoms with E-state index < -0.39 is 0 Å². The van der Waals surface area contributed by atoms with Crippen molar-refractivity contribution in [3.8, 4) is 0 Å². The van der Waals surface area contributed by atoms with Crippen LogP contribution in [0.4, 0.5) is 0 Å². The van der Waals surface area contributed by atoms with E-state index in [1.54, 1.807) is 0 Å². The molecule has 2 atom stereocenters. The molecule has 3 nitrogen and oxygen atoms in total. The average Bonchev–Trinajstić information content (AvgIpc) is 2.30. The van der Waals surface area contributed by atoms with E-state index in [4.69, 9.17) is 0 Å². The molecule has 3 heteroatoms. The van der Waals surface area contributed by atoms with Gasteiger partial charge in [-0.05, 0) is 78.4 Å². The van der Waals surface area contributed by atoms with Crippen molar-refractivity contribution in [3.63, 3.8) is 0 Å². The molecule has 2 unspecified atom stereocenters. The van der Waals surface area contributed by atoms with Gasteiger partial charge in [-0.2, -0.15) is 0 Å². The number of rotatable bonds is 6. The second-order valence-electron chi connectivity index (χ2n) is 6.56. The van der Waals surface area contributed by atoms with Crippen LogP contribution < -0.4 is 5.32 Å². The SMILES string of the molecule is CNCC(C(C)C)C(C1CCN(C)CC1)N(C)C. The highest BCUT2D eigenvalue weighted by atomic mass is 15.1. The number of likely N-dealkylation sites (tertiary alicyclic amines) is 1. The van der Waals surface area contributed by atoms with Crippen LogP contribution >= 0.6 is 0 Å². The monoisotopic (exact) mass is 255 g/mol. The van der Waals surface area contributed by atoms with Crippen molar-refractivity contribution in [2.24, 2.45) is 17.8 Å². The maximum absolute atomic E-state index is 3.40. The first-order valence-corrected chi connectivity index (χ1v) is 7.47. The normalized spacial score (nSPS) is 22.7. The lowest BCUT2D eigenvalue weighted by Gasteiger charge is -2.43. The van der Waals surface area contributed by atoms with Gasteiger partial charge in [-0.3, -0.25) is 0 Å². The summed E-state index contributed by atoms with van der Waals surface area (Å²) in [6.07, 6.45) is 2.71. The zero-order valence-corrected chi connectivity index (χ0v) is 13.2. The largest absolute Gasteiger partial charge is 0.319 e. The van der Waals surface area contributed by atoms with Gasteiger partial charge in [0.25, 0.3) is 0 Å². The Morgan fingerprint density at radius 1 is 1.22 bits per heavy atom. The van der Waals surface area contributed by atoms with E-state index in [-0.39, 0.29) is 0 Å². The number of nitrogens with zero attached hydrogens (tertiary/aromatic N) is 2. The van der Waals surface area contributed by atoms with Gasteiger partial charge in [-0.1, -0.05) is 13.8 Å². The summed E-state index contributed by atoms with van der Waals surface area (Å²) in [5, 5.41) is 3.40. The van der Waals surface area contributed by atoms with Gasteiger partial charge in [-0.25, -0.2) is 0 Å². The number of hydrogen-bond donors (Lipinski definition) is 1. The van der Waals surface area contributed by atoms with Crippen molar-refractivity contribution in [2.75, 3.05) is 47.8 Å². The number of nitrogens with one attached hydrogen (secondary N) is 1. The van der Waals surface area contributed by atoms with Gasteiger partial charge in [-0.15, -0.1) is 0 Å². The summed E-state index contributed by atoms with van der Waals surface area (Å²) >= 11 is 0. The van der Waals surface area contributed by atoms with E-state index in [1.807, 2.05) is 0 Å². The van der Waals surface area contributed by atoms with Crippen LogP contribution in [0, 0.1) is 17.8 Å². The minimum absolute atomic E-state index is 0.714. The van der Waals surface area contributed by atoms with Gasteiger partial charge < -0.3 is 15.1 Å². The fourth-order valence-corrected chi connectivity index (χ4v) is 3.51. The second kappa shape index (κ2) is 7.46. The van der Waals surface area contributed by atoms with Crippen molar-refractivity contribution in [3.05, 3.63) is 0 Å². The lowest BCUT2D eigenvalue weighted by molar-refractivity contribution is 0.0711. The quantitative estimate of drug-likeness (QED) is 0.780. The fraction of sp³-hybridized carbons (Fsp3) is 1.00. The van der Waals surface area contributed by atoms with E-state index >= 15 is 0 Å². The van der Waals surface area contributed by atoms with Crippen LogP contribution in [0.25, 0.3) is 0 Å². The maximum atomic E-state index is 3.40. The molecular formula is C15H33N3. The molecule has 0 spiro atoms. The Morgan fingerprint density at radius 3 is 2.17 bits per heavy atom. The van der Waals surface area contributed by atoms with Crippen molar-refractivity contribution in [2.45, 2.75) is 32.7 Å². The van der Waals surface area contributed by atoms with Gasteiger partial charge in [0.05, 0.1) is 0 Å². The van der Waals surface area contributed by atoms with Gasteiger partial charge in [0, 0.05) is 6.04 Å². The van der Waals surface area contributed by atoms with Crippen molar-refractivity contribution >= 4 is 0 Å². The lowest BCUT2D eigenvalue weighted by atomic mass is 9.77. The van der Waals surface area contributed by atoms with Gasteiger partial charge in [0.15, 0.2) is 0 Å². The fourth-order valence-electron chi connectivity index (χ4n) is 3.51. The molecule has 0 aromatic carbocycles. The van der Waals surface area contributed by atoms with E-state index in [0.29, 0.717) is 6.04 Å². The Balaban J connectivity index is 2.73. The third kappa shape index (κ3) is 4.22. The lowest BCUT2D eigenvalue weighted by Crippen LogP contribution is -2.49. The van der Waals surface area contributed by atoms with E-state index in [0.717, 1.165) is 24.3 Å². The van der Waals surface area contributed by atoms with Gasteiger partial charge >= 0.3 is 0 Å². The van der Waals surface area contributed by atoms with E-state index in [2.05, 4.69) is 57.2 Å². The molecule has 1 aliphatic rings. The molecule has 0 saturated carbocycles. The third-order valence-corrected chi connectivity index (χ3v) is 4.58. The molecule has 0 radical (unpaired) electrons. The van der Waals surface area contributed by atoms with Crippen molar-refractivity contribution in [1.29, 1.82) is 0 Å². The molecule has 0 aliphatic carbocycles. The third-order valence-electron chi connectivity index (χ3n) is 4.58. The zero-order valence-electron chi connectivity index (χ0n) is 13.2. The molecule has 1 fully saturated rings. The molecule has 1 rings (SSSR count). The molecule has 0 aromatic heterocycles. The summed E-state index contributed by atoms with van der Waals surface area (Å²) in [7, 11) is 8.84. The standard InChI is InChI=1S/C15H33N3/c1-12(2)14(11-16-3)15(17(4)5)13-7-9-18(6)10-8-13/h12-16H,7-11H2,1-6H3. The maximum Gasteiger partial charge on any atom is 0.0161 e. The average molecular weight is 255 g/mol. The topological polar surface area (TPSA) is 18.5 Å². The summed E-state index contributed by atoms with van der Waals surface area (Å²) in [6.45, 7) is 8.40. The highest BCUT2D eigenvalue weighted by Crippen LogP contribution is 2.30. The molecular weight excluding hydrogens is 222 g/mol. The predicted molar refractivity (Wildman–Crippen MR) is 80.0 cm³/mol. The minimum Gasteiger partial charge on any atom is -0.319 e. The number of piperidine rings is 1. The molecule has 0 bridgehead atoms. The molecule has 0 amide bonds. The van der Waals surface area contributed by atoms with Gasteiger partial charge in [0.1, 0.15) is 0 Å². The summed E-state index contributed by atoms with van der Waals surface area (Å²) in [4.78, 5) is 4.93. The Morgan fingerprint density at radius 2 is 1.78 bits per heavy atom. The Bertz CT molecular complexity index is 220. The first kappa shape index (κ1) is 15.9. The second-order valence-corrected chi connectivity index (χ2v) is 6.56. The highest BCUT2D eigenvalue weighted by Gasteiger charge is 2.34. The smallest absolute Gasteiger partial charge is 0.0161 e.